The van der Waals surface area contributed by atoms with Gasteiger partial charge in [0, 0.05) is 6.42 Å². The highest BCUT2D eigenvalue weighted by atomic mass is 32.2. The Balaban J connectivity index is 5.42. The first kappa shape index (κ1) is 30.7. The molecule has 0 aromatic carbocycles. The number of thioether (sulfide) groups is 1. The van der Waals surface area contributed by atoms with Crippen molar-refractivity contribution in [2.75, 3.05) is 12.0 Å². The van der Waals surface area contributed by atoms with Crippen LogP contribution in [0.4, 0.5) is 0 Å². The van der Waals surface area contributed by atoms with Crippen LogP contribution in [0.25, 0.3) is 0 Å². The van der Waals surface area contributed by atoms with Crippen LogP contribution in [0.3, 0.4) is 0 Å². The average molecular weight is 491 g/mol. The van der Waals surface area contributed by atoms with E-state index in [-0.39, 0.29) is 24.7 Å². The molecule has 0 aromatic rings. The summed E-state index contributed by atoms with van der Waals surface area (Å²) in [6.07, 6.45) is 2.00. The molecule has 0 aliphatic rings. The van der Waals surface area contributed by atoms with Crippen LogP contribution < -0.4 is 21.7 Å². The molecular formula is C21H38N4O7S. The van der Waals surface area contributed by atoms with E-state index in [4.69, 9.17) is 10.8 Å². The fraction of sp³-hybridized carbons (Fsp3) is 0.762. The van der Waals surface area contributed by atoms with Gasteiger partial charge in [0.2, 0.25) is 17.7 Å². The first-order valence-corrected chi connectivity index (χ1v) is 12.3. The van der Waals surface area contributed by atoms with Gasteiger partial charge in [-0.3, -0.25) is 19.2 Å². The van der Waals surface area contributed by atoms with Gasteiger partial charge in [-0.1, -0.05) is 34.1 Å². The average Bonchev–Trinajstić information content (AvgIpc) is 2.75. The van der Waals surface area contributed by atoms with Gasteiger partial charge in [-0.2, -0.15) is 11.8 Å². The lowest BCUT2D eigenvalue weighted by molar-refractivity contribution is -0.143. The number of carboxylic acid groups (broad SMARTS) is 2. The lowest BCUT2D eigenvalue weighted by Gasteiger charge is -2.27. The molecule has 0 aliphatic heterocycles. The van der Waals surface area contributed by atoms with E-state index in [1.807, 2.05) is 20.1 Å². The Bertz CT molecular complexity index is 690. The second-order valence-corrected chi connectivity index (χ2v) is 9.30. The van der Waals surface area contributed by atoms with Crippen LogP contribution in [0.1, 0.15) is 53.4 Å². The SMILES string of the molecule is CCC(C)C(N)C(=O)NC(C(=O)NC(CCSC)C(=O)NC(CCC(=O)O)C(=O)O)C(C)C. The van der Waals surface area contributed by atoms with Crippen LogP contribution in [0.15, 0.2) is 0 Å². The molecule has 0 radical (unpaired) electrons. The van der Waals surface area contributed by atoms with Crippen molar-refractivity contribution in [1.82, 2.24) is 16.0 Å². The Labute approximate surface area is 199 Å². The first-order chi connectivity index (χ1) is 15.3. The minimum Gasteiger partial charge on any atom is -0.481 e. The summed E-state index contributed by atoms with van der Waals surface area (Å²) in [6, 6.07) is -4.20. The van der Waals surface area contributed by atoms with Gasteiger partial charge in [-0.25, -0.2) is 4.79 Å². The Kier molecular flexibility index (Phi) is 14.4. The number of carboxylic acids is 2. The topological polar surface area (TPSA) is 188 Å². The van der Waals surface area contributed by atoms with Crippen molar-refractivity contribution in [3.63, 3.8) is 0 Å². The quantitative estimate of drug-likeness (QED) is 0.175. The molecule has 3 amide bonds. The molecule has 0 fully saturated rings. The summed E-state index contributed by atoms with van der Waals surface area (Å²) in [6.45, 7) is 7.21. The fourth-order valence-electron chi connectivity index (χ4n) is 2.86. The molecule has 7 N–H and O–H groups in total. The largest absolute Gasteiger partial charge is 0.481 e. The number of hydrogen-bond donors (Lipinski definition) is 6. The van der Waals surface area contributed by atoms with E-state index < -0.39 is 60.2 Å². The molecule has 0 rings (SSSR count). The molecule has 5 unspecified atom stereocenters. The van der Waals surface area contributed by atoms with Crippen LogP contribution in [-0.2, 0) is 24.0 Å². The Morgan fingerprint density at radius 1 is 0.879 bits per heavy atom. The van der Waals surface area contributed by atoms with Crippen molar-refractivity contribution >= 4 is 41.4 Å². The van der Waals surface area contributed by atoms with E-state index in [2.05, 4.69) is 16.0 Å². The second kappa shape index (κ2) is 15.5. The van der Waals surface area contributed by atoms with E-state index in [1.165, 1.54) is 11.8 Å². The van der Waals surface area contributed by atoms with E-state index in [0.717, 1.165) is 0 Å². The molecule has 0 spiro atoms. The third-order valence-corrected chi connectivity index (χ3v) is 5.96. The summed E-state index contributed by atoms with van der Waals surface area (Å²) in [5.41, 5.74) is 5.96. The van der Waals surface area contributed by atoms with Crippen molar-refractivity contribution < 1.29 is 34.2 Å². The van der Waals surface area contributed by atoms with Crippen LogP contribution in [0.2, 0.25) is 0 Å². The fourth-order valence-corrected chi connectivity index (χ4v) is 3.33. The molecule has 0 saturated carbocycles. The van der Waals surface area contributed by atoms with Crippen LogP contribution in [0, 0.1) is 11.8 Å². The lowest BCUT2D eigenvalue weighted by atomic mass is 9.97. The minimum absolute atomic E-state index is 0.0836. The Morgan fingerprint density at radius 2 is 1.45 bits per heavy atom. The summed E-state index contributed by atoms with van der Waals surface area (Å²) in [5.74, 6) is -4.23. The maximum absolute atomic E-state index is 12.9. The number of carbonyl (C=O) groups excluding carboxylic acids is 3. The van der Waals surface area contributed by atoms with Gasteiger partial charge in [0.1, 0.15) is 18.1 Å². The Hall–Kier alpha value is -2.34. The number of carbonyl (C=O) groups is 5. The summed E-state index contributed by atoms with van der Waals surface area (Å²) < 4.78 is 0. The second-order valence-electron chi connectivity index (χ2n) is 8.32. The number of nitrogens with one attached hydrogen (secondary N) is 3. The number of aliphatic carboxylic acids is 2. The van der Waals surface area contributed by atoms with E-state index in [9.17, 15) is 29.1 Å². The van der Waals surface area contributed by atoms with E-state index >= 15 is 0 Å². The maximum Gasteiger partial charge on any atom is 0.326 e. The van der Waals surface area contributed by atoms with Gasteiger partial charge >= 0.3 is 11.9 Å². The van der Waals surface area contributed by atoms with Crippen molar-refractivity contribution in [3.8, 4) is 0 Å². The standard InChI is InChI=1S/C21H38N4O7S/c1-6-12(4)16(22)19(29)25-17(11(2)3)20(30)23-13(9-10-33-5)18(28)24-14(21(31)32)7-8-15(26)27/h11-14,16-17H,6-10,22H2,1-5H3,(H,23,30)(H,24,28)(H,25,29)(H,26,27)(H,31,32). The van der Waals surface area contributed by atoms with Crippen molar-refractivity contribution in [2.45, 2.75) is 77.5 Å². The summed E-state index contributed by atoms with van der Waals surface area (Å²) >= 11 is 1.44. The molecule has 0 aliphatic carbocycles. The predicted octanol–water partition coefficient (Wildman–Crippen LogP) is 0.173. The Morgan fingerprint density at radius 3 is 1.91 bits per heavy atom. The van der Waals surface area contributed by atoms with Crippen LogP contribution >= 0.6 is 11.8 Å². The summed E-state index contributed by atoms with van der Waals surface area (Å²) in [4.78, 5) is 60.3. The van der Waals surface area contributed by atoms with E-state index in [1.54, 1.807) is 13.8 Å². The number of rotatable bonds is 16. The smallest absolute Gasteiger partial charge is 0.326 e. The van der Waals surface area contributed by atoms with Crippen molar-refractivity contribution in [3.05, 3.63) is 0 Å². The van der Waals surface area contributed by atoms with Gasteiger partial charge in [-0.05, 0) is 36.7 Å². The van der Waals surface area contributed by atoms with Gasteiger partial charge in [0.25, 0.3) is 0 Å². The molecule has 11 nitrogen and oxygen atoms in total. The minimum atomic E-state index is -1.41. The monoisotopic (exact) mass is 490 g/mol. The molecule has 190 valence electrons. The lowest BCUT2D eigenvalue weighted by Crippen LogP contribution is -2.59. The molecule has 5 atom stereocenters. The highest BCUT2D eigenvalue weighted by Gasteiger charge is 2.32. The van der Waals surface area contributed by atoms with Gasteiger partial charge < -0.3 is 31.9 Å². The molecular weight excluding hydrogens is 452 g/mol. The molecule has 0 saturated heterocycles. The highest BCUT2D eigenvalue weighted by molar-refractivity contribution is 7.98. The molecule has 0 aromatic heterocycles. The number of nitrogens with two attached hydrogens (primary N) is 1. The van der Waals surface area contributed by atoms with Gasteiger partial charge in [0.05, 0.1) is 6.04 Å². The molecule has 0 heterocycles. The molecule has 33 heavy (non-hydrogen) atoms. The summed E-state index contributed by atoms with van der Waals surface area (Å²) in [5, 5.41) is 25.6. The van der Waals surface area contributed by atoms with E-state index in [0.29, 0.717) is 12.2 Å². The number of amides is 3. The van der Waals surface area contributed by atoms with Crippen molar-refractivity contribution in [1.29, 1.82) is 0 Å². The maximum atomic E-state index is 12.9. The number of hydrogen-bond acceptors (Lipinski definition) is 7. The third kappa shape index (κ3) is 11.4. The first-order valence-electron chi connectivity index (χ1n) is 11.0. The van der Waals surface area contributed by atoms with Crippen molar-refractivity contribution in [2.24, 2.45) is 17.6 Å². The normalized spacial score (nSPS) is 15.6. The highest BCUT2D eigenvalue weighted by Crippen LogP contribution is 2.10. The zero-order valence-electron chi connectivity index (χ0n) is 19.9. The predicted molar refractivity (Wildman–Crippen MR) is 126 cm³/mol. The zero-order chi connectivity index (χ0) is 25.7. The summed E-state index contributed by atoms with van der Waals surface area (Å²) in [7, 11) is 0. The van der Waals surface area contributed by atoms with Gasteiger partial charge in [-0.15, -0.1) is 0 Å². The zero-order valence-corrected chi connectivity index (χ0v) is 20.7. The van der Waals surface area contributed by atoms with Crippen LogP contribution in [-0.4, -0.2) is 76.0 Å². The third-order valence-electron chi connectivity index (χ3n) is 5.31. The molecule has 0 bridgehead atoms. The van der Waals surface area contributed by atoms with Crippen LogP contribution in [0.5, 0.6) is 0 Å². The van der Waals surface area contributed by atoms with Gasteiger partial charge in [0.15, 0.2) is 0 Å². The molecule has 12 heteroatoms.